The van der Waals surface area contributed by atoms with Crippen molar-refractivity contribution in [2.45, 2.75) is 25.7 Å². The molecule has 28 heavy (non-hydrogen) atoms. The molecule has 0 aliphatic carbocycles. The number of amides is 1. The van der Waals surface area contributed by atoms with Crippen LogP contribution in [0, 0.1) is 6.92 Å². The molecular weight excluding hydrogens is 400 g/mol. The third-order valence-corrected chi connectivity index (χ3v) is 6.73. The van der Waals surface area contributed by atoms with E-state index in [1.807, 2.05) is 31.2 Å². The summed E-state index contributed by atoms with van der Waals surface area (Å²) in [5, 5.41) is 2.81. The van der Waals surface area contributed by atoms with Crippen molar-refractivity contribution < 1.29 is 17.9 Å². The van der Waals surface area contributed by atoms with Crippen molar-refractivity contribution in [3.8, 4) is 5.75 Å². The summed E-state index contributed by atoms with van der Waals surface area (Å²) in [7, 11) is -3.76. The van der Waals surface area contributed by atoms with Crippen LogP contribution in [0.1, 0.15) is 29.8 Å². The highest BCUT2D eigenvalue weighted by atomic mass is 35.5. The lowest BCUT2D eigenvalue weighted by atomic mass is 10.2. The Bertz CT molecular complexity index is 910. The maximum Gasteiger partial charge on any atom is 0.251 e. The average molecular weight is 425 g/mol. The maximum absolute atomic E-state index is 12.7. The molecule has 0 radical (unpaired) electrons. The van der Waals surface area contributed by atoms with Crippen molar-refractivity contribution in [2.75, 3.05) is 26.2 Å². The third kappa shape index (κ3) is 5.47. The van der Waals surface area contributed by atoms with Crippen molar-refractivity contribution in [1.82, 2.24) is 9.62 Å². The van der Waals surface area contributed by atoms with E-state index < -0.39 is 10.0 Å². The molecule has 152 valence electrons. The van der Waals surface area contributed by atoms with Crippen LogP contribution in [0.15, 0.2) is 47.4 Å². The molecule has 2 aromatic carbocycles. The van der Waals surface area contributed by atoms with Gasteiger partial charge in [0.25, 0.3) is 5.91 Å². The molecule has 0 saturated carbocycles. The summed E-state index contributed by atoms with van der Waals surface area (Å²) in [6.45, 7) is 6.72. The summed E-state index contributed by atoms with van der Waals surface area (Å²) in [5.41, 5.74) is 1.37. The highest BCUT2D eigenvalue weighted by molar-refractivity contribution is 7.89. The van der Waals surface area contributed by atoms with Gasteiger partial charge in [0.05, 0.1) is 11.6 Å². The maximum atomic E-state index is 12.7. The lowest BCUT2D eigenvalue weighted by molar-refractivity contribution is 0.0947. The Morgan fingerprint density at radius 1 is 1.11 bits per heavy atom. The average Bonchev–Trinajstić information content (AvgIpc) is 2.67. The van der Waals surface area contributed by atoms with Gasteiger partial charge in [-0.05, 0) is 37.3 Å². The number of sulfonamides is 1. The first-order valence-electron chi connectivity index (χ1n) is 9.07. The lowest BCUT2D eigenvalue weighted by Crippen LogP contribution is -2.31. The van der Waals surface area contributed by atoms with Crippen LogP contribution in [-0.2, 0) is 10.0 Å². The van der Waals surface area contributed by atoms with Crippen LogP contribution in [0.2, 0.25) is 5.02 Å². The number of benzene rings is 2. The van der Waals surface area contributed by atoms with Crippen LogP contribution >= 0.6 is 11.6 Å². The fourth-order valence-corrected chi connectivity index (χ4v) is 4.57. The van der Waals surface area contributed by atoms with Gasteiger partial charge in [0.2, 0.25) is 10.0 Å². The molecule has 8 heteroatoms. The number of halogens is 1. The summed E-state index contributed by atoms with van der Waals surface area (Å²) in [6, 6.07) is 11.8. The van der Waals surface area contributed by atoms with E-state index in [2.05, 4.69) is 5.32 Å². The second-order valence-electron chi connectivity index (χ2n) is 6.15. The molecule has 1 amide bonds. The normalized spacial score (nSPS) is 11.5. The molecule has 0 saturated heterocycles. The number of hydrogen-bond acceptors (Lipinski definition) is 4. The van der Waals surface area contributed by atoms with Crippen LogP contribution in [0.3, 0.4) is 0 Å². The van der Waals surface area contributed by atoms with E-state index in [9.17, 15) is 13.2 Å². The minimum absolute atomic E-state index is 0.0681. The number of hydrogen-bond donors (Lipinski definition) is 1. The Morgan fingerprint density at radius 3 is 2.36 bits per heavy atom. The van der Waals surface area contributed by atoms with E-state index >= 15 is 0 Å². The van der Waals surface area contributed by atoms with Gasteiger partial charge in [-0.15, -0.1) is 0 Å². The van der Waals surface area contributed by atoms with E-state index in [0.29, 0.717) is 19.7 Å². The molecular formula is C20H25ClN2O4S. The highest BCUT2D eigenvalue weighted by Gasteiger charge is 2.25. The molecule has 2 rings (SSSR count). The molecule has 0 heterocycles. The zero-order valence-electron chi connectivity index (χ0n) is 16.2. The standard InChI is InChI=1S/C20H25ClN2O4S/c1-4-23(5-2)28(25,26)19-14-16(8-11-18(19)21)20(24)22-12-13-27-17-9-6-15(3)7-10-17/h6-11,14H,4-5,12-13H2,1-3H3,(H,22,24). The summed E-state index contributed by atoms with van der Waals surface area (Å²) < 4.78 is 32.3. The van der Waals surface area contributed by atoms with Gasteiger partial charge in [0, 0.05) is 18.7 Å². The van der Waals surface area contributed by atoms with Crippen LogP contribution in [0.25, 0.3) is 0 Å². The second kappa shape index (κ2) is 9.91. The molecule has 0 fully saturated rings. The predicted octanol–water partition coefficient (Wildman–Crippen LogP) is 3.49. The molecule has 0 aliphatic heterocycles. The first kappa shape index (κ1) is 22.2. The summed E-state index contributed by atoms with van der Waals surface area (Å²) in [5.74, 6) is 0.333. The van der Waals surface area contributed by atoms with Crippen molar-refractivity contribution in [1.29, 1.82) is 0 Å². The minimum Gasteiger partial charge on any atom is -0.492 e. The number of carbonyl (C=O) groups is 1. The summed E-state index contributed by atoms with van der Waals surface area (Å²) >= 11 is 6.09. The molecule has 0 atom stereocenters. The Hall–Kier alpha value is -2.09. The highest BCUT2D eigenvalue weighted by Crippen LogP contribution is 2.25. The topological polar surface area (TPSA) is 75.7 Å². The molecule has 0 aromatic heterocycles. The van der Waals surface area contributed by atoms with Gasteiger partial charge >= 0.3 is 0 Å². The Morgan fingerprint density at radius 2 is 1.75 bits per heavy atom. The Balaban J connectivity index is 2.02. The molecule has 0 bridgehead atoms. The zero-order chi connectivity index (χ0) is 20.7. The fourth-order valence-electron chi connectivity index (χ4n) is 2.61. The predicted molar refractivity (Wildman–Crippen MR) is 111 cm³/mol. The molecule has 6 nitrogen and oxygen atoms in total. The molecule has 0 unspecified atom stereocenters. The van der Waals surface area contributed by atoms with Gasteiger partial charge in [-0.3, -0.25) is 4.79 Å². The van der Waals surface area contributed by atoms with Crippen LogP contribution < -0.4 is 10.1 Å². The molecule has 0 spiro atoms. The SMILES string of the molecule is CCN(CC)S(=O)(=O)c1cc(C(=O)NCCOc2ccc(C)cc2)ccc1Cl. The Labute approximate surface area is 171 Å². The third-order valence-electron chi connectivity index (χ3n) is 4.19. The zero-order valence-corrected chi connectivity index (χ0v) is 17.8. The monoisotopic (exact) mass is 424 g/mol. The number of aryl methyl sites for hydroxylation is 1. The number of nitrogens with one attached hydrogen (secondary N) is 1. The van der Waals surface area contributed by atoms with E-state index in [1.54, 1.807) is 13.8 Å². The number of nitrogens with zero attached hydrogens (tertiary/aromatic N) is 1. The molecule has 2 aromatic rings. The summed E-state index contributed by atoms with van der Waals surface area (Å²) in [4.78, 5) is 12.3. The van der Waals surface area contributed by atoms with Crippen molar-refractivity contribution in [2.24, 2.45) is 0 Å². The van der Waals surface area contributed by atoms with Gasteiger partial charge in [-0.25, -0.2) is 8.42 Å². The van der Waals surface area contributed by atoms with Gasteiger partial charge in [-0.1, -0.05) is 43.1 Å². The molecule has 0 aliphatic rings. The number of rotatable bonds is 9. The first-order chi connectivity index (χ1) is 13.3. The van der Waals surface area contributed by atoms with Gasteiger partial charge in [0.1, 0.15) is 17.3 Å². The largest absolute Gasteiger partial charge is 0.492 e. The van der Waals surface area contributed by atoms with Gasteiger partial charge in [0.15, 0.2) is 0 Å². The fraction of sp³-hybridized carbons (Fsp3) is 0.350. The number of ether oxygens (including phenoxy) is 1. The van der Waals surface area contributed by atoms with Crippen molar-refractivity contribution in [3.05, 3.63) is 58.6 Å². The van der Waals surface area contributed by atoms with Crippen LogP contribution in [0.4, 0.5) is 0 Å². The van der Waals surface area contributed by atoms with E-state index in [1.165, 1.54) is 22.5 Å². The molecule has 1 N–H and O–H groups in total. The smallest absolute Gasteiger partial charge is 0.251 e. The minimum atomic E-state index is -3.76. The quantitative estimate of drug-likeness (QED) is 0.625. The van der Waals surface area contributed by atoms with E-state index in [0.717, 1.165) is 11.3 Å². The van der Waals surface area contributed by atoms with Gasteiger partial charge < -0.3 is 10.1 Å². The first-order valence-corrected chi connectivity index (χ1v) is 10.9. The second-order valence-corrected chi connectivity index (χ2v) is 8.47. The number of carbonyl (C=O) groups excluding carboxylic acids is 1. The van der Waals surface area contributed by atoms with Crippen molar-refractivity contribution in [3.63, 3.8) is 0 Å². The lowest BCUT2D eigenvalue weighted by Gasteiger charge is -2.19. The van der Waals surface area contributed by atoms with Crippen LogP contribution in [0.5, 0.6) is 5.75 Å². The van der Waals surface area contributed by atoms with E-state index in [-0.39, 0.29) is 27.9 Å². The van der Waals surface area contributed by atoms with E-state index in [4.69, 9.17) is 16.3 Å². The van der Waals surface area contributed by atoms with Crippen LogP contribution in [-0.4, -0.2) is 44.9 Å². The van der Waals surface area contributed by atoms with Crippen molar-refractivity contribution >= 4 is 27.5 Å². The van der Waals surface area contributed by atoms with Gasteiger partial charge in [-0.2, -0.15) is 4.31 Å². The Kier molecular flexibility index (Phi) is 7.86. The summed E-state index contributed by atoms with van der Waals surface area (Å²) in [6.07, 6.45) is 0.